The third-order valence-corrected chi connectivity index (χ3v) is 6.69. The Hall–Kier alpha value is -2.08. The lowest BCUT2D eigenvalue weighted by molar-refractivity contribution is -0.105. The Morgan fingerprint density at radius 2 is 2.19 bits per heavy atom. The molecule has 4 aromatic rings. The van der Waals surface area contributed by atoms with Crippen molar-refractivity contribution in [2.45, 2.75) is 0 Å². The van der Waals surface area contributed by atoms with E-state index in [0.717, 1.165) is 21.2 Å². The van der Waals surface area contributed by atoms with Crippen LogP contribution in [0.15, 0.2) is 24.4 Å². The first-order valence-corrected chi connectivity index (χ1v) is 11.1. The maximum atomic E-state index is 15.0. The Kier molecular flexibility index (Phi) is 4.39. The molecule has 2 aromatic carbocycles. The van der Waals surface area contributed by atoms with Crippen LogP contribution >= 0.6 is 30.9 Å². The minimum atomic E-state index is -0.697. The first-order chi connectivity index (χ1) is 12.5. The number of amides is 1. The second-order valence-electron chi connectivity index (χ2n) is 5.87. The summed E-state index contributed by atoms with van der Waals surface area (Å²) in [5.41, 5.74) is 2.82. The number of hydrogen-bond donors (Lipinski definition) is 2. The molecule has 2 aromatic heterocycles. The fraction of sp³-hybridized carbons (Fsp3) is 0.118. The average Bonchev–Trinajstić information content (AvgIpc) is 3.21. The average molecular weight is 407 g/mol. The minimum absolute atomic E-state index is 0.0974. The van der Waals surface area contributed by atoms with Crippen molar-refractivity contribution in [3.05, 3.63) is 35.2 Å². The number of carbonyl (C=O) groups excluding carboxylic acids is 1. The van der Waals surface area contributed by atoms with Crippen molar-refractivity contribution in [2.24, 2.45) is 0 Å². The summed E-state index contributed by atoms with van der Waals surface area (Å²) in [7, 11) is -0.697. The molecule has 1 amide bonds. The van der Waals surface area contributed by atoms with E-state index < -0.39 is 13.7 Å². The molecule has 0 atom stereocenters. The number of fused-ring (bicyclic) bond motifs is 2. The monoisotopic (exact) mass is 406 g/mol. The van der Waals surface area contributed by atoms with Crippen LogP contribution in [0.2, 0.25) is 5.02 Å². The molecule has 0 aliphatic carbocycles. The molecule has 0 spiro atoms. The van der Waals surface area contributed by atoms with Gasteiger partial charge in [0.2, 0.25) is 6.41 Å². The van der Waals surface area contributed by atoms with Gasteiger partial charge in [0.15, 0.2) is 10.9 Å². The summed E-state index contributed by atoms with van der Waals surface area (Å²) < 4.78 is 15.9. The Morgan fingerprint density at radius 1 is 1.38 bits per heavy atom. The molecular weight excluding hydrogens is 394 g/mol. The zero-order chi connectivity index (χ0) is 18.4. The van der Waals surface area contributed by atoms with Crippen LogP contribution in [0.25, 0.3) is 32.2 Å². The fourth-order valence-corrected chi connectivity index (χ4v) is 5.35. The van der Waals surface area contributed by atoms with Gasteiger partial charge in [0.1, 0.15) is 0 Å². The van der Waals surface area contributed by atoms with Gasteiger partial charge in [-0.3, -0.25) is 9.89 Å². The van der Waals surface area contributed by atoms with Crippen LogP contribution in [-0.2, 0) is 4.79 Å². The van der Waals surface area contributed by atoms with Gasteiger partial charge in [-0.15, -0.1) is 0 Å². The van der Waals surface area contributed by atoms with Crippen LogP contribution in [0.1, 0.15) is 0 Å². The summed E-state index contributed by atoms with van der Waals surface area (Å²) >= 11 is 7.79. The predicted octanol–water partition coefficient (Wildman–Crippen LogP) is 4.57. The van der Waals surface area contributed by atoms with Crippen molar-refractivity contribution >= 4 is 68.8 Å². The number of hydrogen-bond acceptors (Lipinski definition) is 4. The molecule has 0 bridgehead atoms. The maximum absolute atomic E-state index is 15.0. The third-order valence-electron chi connectivity index (χ3n) is 4.07. The Labute approximate surface area is 158 Å². The molecular formula is C17H13ClFN4OPS. The van der Waals surface area contributed by atoms with Gasteiger partial charge >= 0.3 is 0 Å². The van der Waals surface area contributed by atoms with Gasteiger partial charge in [-0.05, 0) is 31.0 Å². The summed E-state index contributed by atoms with van der Waals surface area (Å²) in [6, 6.07) is 5.58. The highest BCUT2D eigenvalue weighted by molar-refractivity contribution is 7.64. The van der Waals surface area contributed by atoms with Crippen LogP contribution in [-0.4, -0.2) is 34.9 Å². The number of nitrogens with one attached hydrogen (secondary N) is 2. The standard InChI is InChI=1S/C17H13ClFN4OPS/c1-25(2)16-14(19)13(18)12(9-6-21-23-15(9)16)8-3-4-10-11(5-8)26-17(22-10)20-7-24/h3-7H,1-2H3,(H,21,23)(H,20,22,24). The molecule has 0 saturated heterocycles. The topological polar surface area (TPSA) is 70.7 Å². The van der Waals surface area contributed by atoms with Crippen LogP contribution < -0.4 is 10.6 Å². The van der Waals surface area contributed by atoms with Gasteiger partial charge in [-0.2, -0.15) is 5.10 Å². The lowest BCUT2D eigenvalue weighted by atomic mass is 10.0. The number of anilines is 1. The van der Waals surface area contributed by atoms with E-state index in [0.29, 0.717) is 27.9 Å². The zero-order valence-electron chi connectivity index (χ0n) is 13.8. The largest absolute Gasteiger partial charge is 0.305 e. The quantitative estimate of drug-likeness (QED) is 0.385. The molecule has 4 rings (SSSR count). The van der Waals surface area contributed by atoms with Gasteiger partial charge < -0.3 is 5.32 Å². The number of halogens is 2. The molecule has 5 nitrogen and oxygen atoms in total. The van der Waals surface area contributed by atoms with Crippen LogP contribution in [0.4, 0.5) is 9.52 Å². The number of carbonyl (C=O) groups is 1. The van der Waals surface area contributed by atoms with E-state index in [2.05, 4.69) is 20.5 Å². The molecule has 0 aliphatic heterocycles. The van der Waals surface area contributed by atoms with Gasteiger partial charge in [0, 0.05) is 16.3 Å². The summed E-state index contributed by atoms with van der Waals surface area (Å²) in [5, 5.41) is 11.6. The Bertz CT molecular complexity index is 1160. The predicted molar refractivity (Wildman–Crippen MR) is 108 cm³/mol. The van der Waals surface area contributed by atoms with Gasteiger partial charge in [0.25, 0.3) is 0 Å². The van der Waals surface area contributed by atoms with Crippen molar-refractivity contribution in [3.63, 3.8) is 0 Å². The van der Waals surface area contributed by atoms with E-state index in [9.17, 15) is 4.79 Å². The number of nitrogens with zero attached hydrogens (tertiary/aromatic N) is 2. The number of rotatable bonds is 4. The number of thiazole rings is 1. The van der Waals surface area contributed by atoms with Crippen molar-refractivity contribution in [2.75, 3.05) is 18.6 Å². The van der Waals surface area contributed by atoms with Crippen molar-refractivity contribution in [3.8, 4) is 11.1 Å². The summed E-state index contributed by atoms with van der Waals surface area (Å²) in [6.45, 7) is 3.96. The summed E-state index contributed by atoms with van der Waals surface area (Å²) in [4.78, 5) is 14.9. The molecule has 0 aliphatic rings. The highest BCUT2D eigenvalue weighted by Crippen LogP contribution is 2.41. The zero-order valence-corrected chi connectivity index (χ0v) is 16.3. The number of aromatic nitrogens is 3. The molecule has 2 heterocycles. The van der Waals surface area contributed by atoms with Gasteiger partial charge in [-0.25, -0.2) is 9.37 Å². The van der Waals surface area contributed by atoms with E-state index in [4.69, 9.17) is 11.6 Å². The van der Waals surface area contributed by atoms with Crippen LogP contribution in [0.3, 0.4) is 0 Å². The second kappa shape index (κ2) is 6.58. The van der Waals surface area contributed by atoms with E-state index >= 15 is 4.39 Å². The first kappa shape index (κ1) is 17.3. The SMILES string of the molecule is CP(C)c1c(F)c(Cl)c(-c2ccc3nc(NC=O)sc3c2)c2cn[nH]c12. The highest BCUT2D eigenvalue weighted by atomic mass is 35.5. The molecule has 0 saturated carbocycles. The highest BCUT2D eigenvalue weighted by Gasteiger charge is 2.23. The summed E-state index contributed by atoms with van der Waals surface area (Å²) in [5.74, 6) is -0.401. The molecule has 26 heavy (non-hydrogen) atoms. The van der Waals surface area contributed by atoms with Crippen molar-refractivity contribution in [1.29, 1.82) is 0 Å². The van der Waals surface area contributed by atoms with E-state index in [1.807, 2.05) is 31.5 Å². The number of H-pyrrole nitrogens is 1. The molecule has 0 unspecified atom stereocenters. The molecule has 0 radical (unpaired) electrons. The fourth-order valence-electron chi connectivity index (χ4n) is 2.99. The van der Waals surface area contributed by atoms with Crippen molar-refractivity contribution < 1.29 is 9.18 Å². The smallest absolute Gasteiger partial charge is 0.213 e. The Morgan fingerprint density at radius 3 is 2.92 bits per heavy atom. The third kappa shape index (κ3) is 2.67. The van der Waals surface area contributed by atoms with E-state index in [1.165, 1.54) is 11.3 Å². The van der Waals surface area contributed by atoms with E-state index in [1.54, 1.807) is 6.20 Å². The van der Waals surface area contributed by atoms with E-state index in [-0.39, 0.29) is 5.02 Å². The molecule has 132 valence electrons. The number of benzene rings is 2. The second-order valence-corrected chi connectivity index (χ2v) is 9.51. The Balaban J connectivity index is 1.98. The van der Waals surface area contributed by atoms with Crippen LogP contribution in [0, 0.1) is 5.82 Å². The minimum Gasteiger partial charge on any atom is -0.305 e. The van der Waals surface area contributed by atoms with Gasteiger partial charge in [-0.1, -0.05) is 36.9 Å². The van der Waals surface area contributed by atoms with Crippen molar-refractivity contribution in [1.82, 2.24) is 15.2 Å². The molecule has 2 N–H and O–H groups in total. The lowest BCUT2D eigenvalue weighted by Gasteiger charge is -2.14. The van der Waals surface area contributed by atoms with Crippen LogP contribution in [0.5, 0.6) is 0 Å². The first-order valence-electron chi connectivity index (χ1n) is 7.63. The summed E-state index contributed by atoms with van der Waals surface area (Å²) in [6.07, 6.45) is 2.26. The molecule has 9 heteroatoms. The lowest BCUT2D eigenvalue weighted by Crippen LogP contribution is -2.09. The number of aromatic amines is 1. The van der Waals surface area contributed by atoms with Gasteiger partial charge in [0.05, 0.1) is 27.0 Å². The normalized spacial score (nSPS) is 11.6. The maximum Gasteiger partial charge on any atom is 0.213 e. The molecule has 0 fully saturated rings.